The van der Waals surface area contributed by atoms with E-state index in [4.69, 9.17) is 4.74 Å². The smallest absolute Gasteiger partial charge is 0.137 e. The van der Waals surface area contributed by atoms with Gasteiger partial charge in [-0.25, -0.2) is 0 Å². The number of hydrogen-bond donors (Lipinski definition) is 0. The van der Waals surface area contributed by atoms with Crippen molar-refractivity contribution >= 4 is 0 Å². The van der Waals surface area contributed by atoms with Crippen LogP contribution in [0.4, 0.5) is 0 Å². The zero-order chi connectivity index (χ0) is 21.7. The van der Waals surface area contributed by atoms with Crippen LogP contribution in [0, 0.1) is 11.8 Å². The predicted molar refractivity (Wildman–Crippen MR) is 133 cm³/mol. The molecule has 1 fully saturated rings. The fourth-order valence-corrected chi connectivity index (χ4v) is 4.85. The summed E-state index contributed by atoms with van der Waals surface area (Å²) in [4.78, 5) is 4.59. The standard InChI is InChI=1S/C29H43NO/c1-3-5-7-8-9-24-10-12-25(13-11-24)14-15-26-16-18-27(19-17-26)29-21-20-28(23-30-29)31-22-6-4-2/h16-21,23-25H,3-15,22H2,1-2H3. The molecule has 0 radical (unpaired) electrons. The van der Waals surface area contributed by atoms with Gasteiger partial charge in [-0.2, -0.15) is 0 Å². The Hall–Kier alpha value is -1.83. The average Bonchev–Trinajstić information content (AvgIpc) is 2.82. The van der Waals surface area contributed by atoms with Crippen molar-refractivity contribution in [2.24, 2.45) is 11.8 Å². The normalized spacial score (nSPS) is 18.8. The van der Waals surface area contributed by atoms with E-state index in [9.17, 15) is 0 Å². The molecule has 0 bridgehead atoms. The highest BCUT2D eigenvalue weighted by atomic mass is 16.5. The van der Waals surface area contributed by atoms with Gasteiger partial charge < -0.3 is 4.74 Å². The van der Waals surface area contributed by atoms with Gasteiger partial charge in [-0.3, -0.25) is 4.98 Å². The molecule has 0 amide bonds. The number of aryl methyl sites for hydroxylation is 1. The first-order valence-electron chi connectivity index (χ1n) is 13.0. The summed E-state index contributed by atoms with van der Waals surface area (Å²) in [6.45, 7) is 5.25. The van der Waals surface area contributed by atoms with Crippen molar-refractivity contribution in [2.75, 3.05) is 6.61 Å². The predicted octanol–water partition coefficient (Wildman–Crippen LogP) is 8.64. The Bertz CT molecular complexity index is 713. The lowest BCUT2D eigenvalue weighted by molar-refractivity contribution is 0.249. The van der Waals surface area contributed by atoms with Gasteiger partial charge in [0.2, 0.25) is 0 Å². The number of unbranched alkanes of at least 4 members (excludes halogenated alkanes) is 4. The molecule has 3 rings (SSSR count). The summed E-state index contributed by atoms with van der Waals surface area (Å²) in [5.74, 6) is 2.82. The van der Waals surface area contributed by atoms with Gasteiger partial charge >= 0.3 is 0 Å². The van der Waals surface area contributed by atoms with Crippen molar-refractivity contribution in [2.45, 2.75) is 97.3 Å². The van der Waals surface area contributed by atoms with Gasteiger partial charge in [0.1, 0.15) is 5.75 Å². The summed E-state index contributed by atoms with van der Waals surface area (Å²) in [7, 11) is 0. The maximum Gasteiger partial charge on any atom is 0.137 e. The molecule has 0 aliphatic heterocycles. The summed E-state index contributed by atoms with van der Waals surface area (Å²) >= 11 is 0. The molecule has 170 valence electrons. The van der Waals surface area contributed by atoms with Crippen molar-refractivity contribution in [3.8, 4) is 17.0 Å². The lowest BCUT2D eigenvalue weighted by Gasteiger charge is -2.28. The SMILES string of the molecule is CCCCCCC1CCC(CCc2ccc(-c3ccc(OCCCC)cn3)cc2)CC1. The van der Waals surface area contributed by atoms with Crippen LogP contribution in [0.5, 0.6) is 5.75 Å². The number of ether oxygens (including phenoxy) is 1. The maximum atomic E-state index is 5.72. The molecular formula is C29H43NO. The minimum Gasteiger partial charge on any atom is -0.492 e. The molecule has 2 nitrogen and oxygen atoms in total. The van der Waals surface area contributed by atoms with Gasteiger partial charge in [-0.1, -0.05) is 102 Å². The molecule has 1 heterocycles. The van der Waals surface area contributed by atoms with E-state index in [1.807, 2.05) is 12.3 Å². The zero-order valence-corrected chi connectivity index (χ0v) is 20.0. The first kappa shape index (κ1) is 23.8. The summed E-state index contributed by atoms with van der Waals surface area (Å²) in [6, 6.07) is 13.1. The van der Waals surface area contributed by atoms with Gasteiger partial charge in [0.05, 0.1) is 18.5 Å². The van der Waals surface area contributed by atoms with E-state index < -0.39 is 0 Å². The van der Waals surface area contributed by atoms with Gasteiger partial charge in [0.15, 0.2) is 0 Å². The minimum absolute atomic E-state index is 0.771. The lowest BCUT2D eigenvalue weighted by atomic mass is 9.77. The Morgan fingerprint density at radius 3 is 2.13 bits per heavy atom. The molecular weight excluding hydrogens is 378 g/mol. The molecule has 0 unspecified atom stereocenters. The summed E-state index contributed by atoms with van der Waals surface area (Å²) in [5.41, 5.74) is 3.67. The van der Waals surface area contributed by atoms with Crippen molar-refractivity contribution < 1.29 is 4.74 Å². The van der Waals surface area contributed by atoms with Crippen molar-refractivity contribution in [1.29, 1.82) is 0 Å². The van der Waals surface area contributed by atoms with E-state index in [1.54, 1.807) is 0 Å². The number of nitrogens with zero attached hydrogens (tertiary/aromatic N) is 1. The largest absolute Gasteiger partial charge is 0.492 e. The fraction of sp³-hybridized carbons (Fsp3) is 0.621. The highest BCUT2D eigenvalue weighted by Gasteiger charge is 2.20. The van der Waals surface area contributed by atoms with Crippen LogP contribution >= 0.6 is 0 Å². The van der Waals surface area contributed by atoms with Gasteiger partial charge in [-0.15, -0.1) is 0 Å². The van der Waals surface area contributed by atoms with Crippen molar-refractivity contribution in [1.82, 2.24) is 4.98 Å². The van der Waals surface area contributed by atoms with Crippen LogP contribution < -0.4 is 4.74 Å². The zero-order valence-electron chi connectivity index (χ0n) is 20.0. The monoisotopic (exact) mass is 421 g/mol. The third-order valence-electron chi connectivity index (χ3n) is 7.03. The van der Waals surface area contributed by atoms with E-state index in [2.05, 4.69) is 49.2 Å². The fourth-order valence-electron chi connectivity index (χ4n) is 4.85. The van der Waals surface area contributed by atoms with E-state index in [0.29, 0.717) is 0 Å². The molecule has 0 saturated heterocycles. The third kappa shape index (κ3) is 8.31. The van der Waals surface area contributed by atoms with Crippen molar-refractivity contribution in [3.05, 3.63) is 48.2 Å². The average molecular weight is 422 g/mol. The van der Waals surface area contributed by atoms with Gasteiger partial charge in [0, 0.05) is 5.56 Å². The molecule has 1 aliphatic rings. The summed E-state index contributed by atoms with van der Waals surface area (Å²) < 4.78 is 5.72. The summed E-state index contributed by atoms with van der Waals surface area (Å²) in [5, 5.41) is 0. The Balaban J connectivity index is 1.38. The molecule has 1 saturated carbocycles. The number of aromatic nitrogens is 1. The van der Waals surface area contributed by atoms with Crippen LogP contribution in [0.25, 0.3) is 11.3 Å². The van der Waals surface area contributed by atoms with Crippen LogP contribution in [0.15, 0.2) is 42.6 Å². The minimum atomic E-state index is 0.771. The molecule has 0 spiro atoms. The number of pyridine rings is 1. The van der Waals surface area contributed by atoms with Crippen LogP contribution in [0.2, 0.25) is 0 Å². The Morgan fingerprint density at radius 2 is 1.48 bits per heavy atom. The Labute approximate surface area is 190 Å². The molecule has 1 aliphatic carbocycles. The highest BCUT2D eigenvalue weighted by Crippen LogP contribution is 2.34. The Morgan fingerprint density at radius 1 is 0.774 bits per heavy atom. The second-order valence-corrected chi connectivity index (χ2v) is 9.55. The molecule has 1 aromatic carbocycles. The van der Waals surface area contributed by atoms with E-state index >= 15 is 0 Å². The van der Waals surface area contributed by atoms with Crippen LogP contribution in [-0.2, 0) is 6.42 Å². The van der Waals surface area contributed by atoms with Crippen molar-refractivity contribution in [3.63, 3.8) is 0 Å². The van der Waals surface area contributed by atoms with E-state index in [0.717, 1.165) is 42.7 Å². The molecule has 31 heavy (non-hydrogen) atoms. The number of rotatable bonds is 13. The first-order valence-corrected chi connectivity index (χ1v) is 13.0. The van der Waals surface area contributed by atoms with E-state index in [1.165, 1.54) is 81.8 Å². The lowest BCUT2D eigenvalue weighted by Crippen LogP contribution is -2.15. The number of hydrogen-bond acceptors (Lipinski definition) is 2. The van der Waals surface area contributed by atoms with Gasteiger partial charge in [0.25, 0.3) is 0 Å². The third-order valence-corrected chi connectivity index (χ3v) is 7.03. The first-order chi connectivity index (χ1) is 15.3. The van der Waals surface area contributed by atoms with Gasteiger partial charge in [-0.05, 0) is 48.8 Å². The second kappa shape index (κ2) is 13.6. The van der Waals surface area contributed by atoms with Crippen LogP contribution in [-0.4, -0.2) is 11.6 Å². The molecule has 2 heteroatoms. The molecule has 2 aromatic rings. The van der Waals surface area contributed by atoms with Crippen LogP contribution in [0.1, 0.15) is 96.5 Å². The van der Waals surface area contributed by atoms with Crippen LogP contribution in [0.3, 0.4) is 0 Å². The van der Waals surface area contributed by atoms with E-state index in [-0.39, 0.29) is 0 Å². The Kier molecular flexibility index (Phi) is 10.4. The maximum absolute atomic E-state index is 5.72. The highest BCUT2D eigenvalue weighted by molar-refractivity contribution is 5.59. The molecule has 0 N–H and O–H groups in total. The molecule has 0 atom stereocenters. The quantitative estimate of drug-likeness (QED) is 0.302. The summed E-state index contributed by atoms with van der Waals surface area (Å²) in [6.07, 6.45) is 19.6. The molecule has 1 aromatic heterocycles. The number of benzene rings is 1. The second-order valence-electron chi connectivity index (χ2n) is 9.55. The topological polar surface area (TPSA) is 22.1 Å².